The average Bonchev–Trinajstić information content (AvgIpc) is 2.63. The number of fused-ring (bicyclic) bond motifs is 2. The molecule has 0 saturated carbocycles. The molecule has 0 bridgehead atoms. The van der Waals surface area contributed by atoms with Crippen LogP contribution in [0, 0.1) is 0 Å². The van der Waals surface area contributed by atoms with Gasteiger partial charge in [0.15, 0.2) is 11.5 Å². The predicted octanol–water partition coefficient (Wildman–Crippen LogP) is 9.08. The van der Waals surface area contributed by atoms with Crippen LogP contribution in [0.1, 0.15) is 129 Å². The smallest absolute Gasteiger partial charge is 0.222 e. The van der Waals surface area contributed by atoms with Gasteiger partial charge in [-0.25, -0.2) is 9.05 Å². The zero-order valence-electron chi connectivity index (χ0n) is 24.6. The average molecular weight is 523 g/mol. The molecule has 0 saturated heterocycles. The molecule has 1 aliphatic rings. The zero-order chi connectivity index (χ0) is 26.0. The summed E-state index contributed by atoms with van der Waals surface area (Å²) in [7, 11) is -2.38. The summed E-state index contributed by atoms with van der Waals surface area (Å²) in [5.74, 6) is 1.43. The summed E-state index contributed by atoms with van der Waals surface area (Å²) in [4.78, 5) is 0. The van der Waals surface area contributed by atoms with Crippen LogP contribution in [0.25, 0.3) is 0 Å². The van der Waals surface area contributed by atoms with E-state index in [0.717, 1.165) is 22.3 Å². The predicted molar refractivity (Wildman–Crippen MR) is 150 cm³/mol. The monoisotopic (exact) mass is 522 g/mol. The zero-order valence-corrected chi connectivity index (χ0v) is 28.6. The number of hydrogen-bond acceptors (Lipinski definition) is 3. The van der Waals surface area contributed by atoms with Crippen molar-refractivity contribution in [2.45, 2.75) is 118 Å². The third kappa shape index (κ3) is 6.62. The maximum absolute atomic E-state index is 13.3. The van der Waals surface area contributed by atoms with E-state index in [4.69, 9.17) is 9.05 Å². The van der Waals surface area contributed by atoms with Gasteiger partial charge in [0.1, 0.15) is 0 Å². The Bertz CT molecular complexity index is 1040. The summed E-state index contributed by atoms with van der Waals surface area (Å²) in [6, 6.07) is 8.97. The molecule has 1 radical (unpaired) electrons. The number of hydrogen-bond donors (Lipinski definition) is 0. The Kier molecular flexibility index (Phi) is 8.99. The van der Waals surface area contributed by atoms with Gasteiger partial charge >= 0.3 is 8.25 Å². The van der Waals surface area contributed by atoms with Crippen molar-refractivity contribution in [3.05, 3.63) is 57.6 Å². The second kappa shape index (κ2) is 10.2. The van der Waals surface area contributed by atoms with Crippen LogP contribution in [-0.4, -0.2) is 51.4 Å². The fourth-order valence-electron chi connectivity index (χ4n) is 4.47. The summed E-state index contributed by atoms with van der Waals surface area (Å²) in [6.07, 6.45) is 0. The molecule has 0 aliphatic carbocycles. The van der Waals surface area contributed by atoms with Gasteiger partial charge in [-0.3, -0.25) is 0 Å². The van der Waals surface area contributed by atoms with Crippen LogP contribution in [-0.2, 0) is 26.2 Å². The largest absolute Gasteiger partial charge is 0.805 e. The molecule has 0 atom stereocenters. The van der Waals surface area contributed by atoms with Gasteiger partial charge in [0.2, 0.25) is 0 Å². The molecule has 5 heteroatoms. The quantitative estimate of drug-likeness (QED) is 0.256. The molecule has 3 rings (SSSR count). The van der Waals surface area contributed by atoms with Crippen molar-refractivity contribution in [2.24, 2.45) is 0 Å². The SMILES string of the molecule is CC1c2cc(C(C)(C)C)cc(C(C)(C)C)c2O[P+](=O)Oc2c1cc(C(C)(C)C)cc2C(C)(C)C.[K]. The Morgan fingerprint density at radius 3 is 1.17 bits per heavy atom. The minimum absolute atomic E-state index is 0. The van der Waals surface area contributed by atoms with E-state index in [9.17, 15) is 4.57 Å². The fourth-order valence-corrected chi connectivity index (χ4v) is 5.21. The van der Waals surface area contributed by atoms with Crippen LogP contribution in [0.2, 0.25) is 0 Å². The summed E-state index contributed by atoms with van der Waals surface area (Å²) >= 11 is 0. The molecule has 0 aromatic heterocycles. The van der Waals surface area contributed by atoms with Crippen molar-refractivity contribution in [3.8, 4) is 11.5 Å². The Morgan fingerprint density at radius 2 is 0.914 bits per heavy atom. The van der Waals surface area contributed by atoms with Crippen LogP contribution < -0.4 is 9.05 Å². The molecule has 0 N–H and O–H groups in total. The van der Waals surface area contributed by atoms with Gasteiger partial charge in [-0.1, -0.05) is 114 Å². The Morgan fingerprint density at radius 1 is 0.600 bits per heavy atom. The van der Waals surface area contributed by atoms with Gasteiger partial charge in [0.05, 0.1) is 0 Å². The normalized spacial score (nSPS) is 17.7. The maximum Gasteiger partial charge on any atom is 0.805 e. The van der Waals surface area contributed by atoms with E-state index in [2.05, 4.69) is 114 Å². The summed E-state index contributed by atoms with van der Waals surface area (Å²) in [5.41, 5.74) is 6.42. The van der Waals surface area contributed by atoms with Crippen molar-refractivity contribution < 1.29 is 13.6 Å². The van der Waals surface area contributed by atoms with Gasteiger partial charge < -0.3 is 0 Å². The summed E-state index contributed by atoms with van der Waals surface area (Å²) < 4.78 is 25.6. The molecule has 35 heavy (non-hydrogen) atoms. The van der Waals surface area contributed by atoms with E-state index in [-0.39, 0.29) is 79.0 Å². The van der Waals surface area contributed by atoms with Crippen molar-refractivity contribution in [1.82, 2.24) is 0 Å². The van der Waals surface area contributed by atoms with Crippen LogP contribution >= 0.6 is 8.25 Å². The molecule has 0 fully saturated rings. The molecule has 0 amide bonds. The van der Waals surface area contributed by atoms with E-state index >= 15 is 0 Å². The van der Waals surface area contributed by atoms with Crippen LogP contribution in [0.5, 0.6) is 11.5 Å². The second-order valence-electron chi connectivity index (χ2n) is 14.0. The molecular weight excluding hydrogens is 478 g/mol. The second-order valence-corrected chi connectivity index (χ2v) is 14.8. The van der Waals surface area contributed by atoms with Gasteiger partial charge in [0, 0.05) is 84.1 Å². The third-order valence-corrected chi connectivity index (χ3v) is 7.51. The van der Waals surface area contributed by atoms with Crippen molar-refractivity contribution >= 4 is 59.6 Å². The number of benzene rings is 2. The molecule has 0 spiro atoms. The standard InChI is InChI=1S/C30H44O3P.K/c1-18-21-14-19(27(2,3)4)16-23(29(8,9)10)25(21)32-34(31)33-26-22(18)15-20(28(5,6)7)17-24(26)30(11,12)13;/h14-18H,1-13H3;/q+1;. The first kappa shape index (κ1) is 31.0. The van der Waals surface area contributed by atoms with E-state index in [1.807, 2.05) is 0 Å². The topological polar surface area (TPSA) is 35.5 Å². The summed E-state index contributed by atoms with van der Waals surface area (Å²) in [6.45, 7) is 28.7. The van der Waals surface area contributed by atoms with Crippen LogP contribution in [0.4, 0.5) is 0 Å². The molecule has 2 aromatic carbocycles. The van der Waals surface area contributed by atoms with Crippen molar-refractivity contribution in [2.75, 3.05) is 0 Å². The van der Waals surface area contributed by atoms with Crippen LogP contribution in [0.3, 0.4) is 0 Å². The molecule has 1 heterocycles. The number of rotatable bonds is 0. The van der Waals surface area contributed by atoms with E-state index in [0.29, 0.717) is 11.5 Å². The van der Waals surface area contributed by atoms with Crippen molar-refractivity contribution in [3.63, 3.8) is 0 Å². The molecule has 1 aliphatic heterocycles. The van der Waals surface area contributed by atoms with Crippen molar-refractivity contribution in [1.29, 1.82) is 0 Å². The van der Waals surface area contributed by atoms with Gasteiger partial charge in [-0.15, -0.1) is 0 Å². The minimum atomic E-state index is -2.38. The summed E-state index contributed by atoms with van der Waals surface area (Å²) in [5, 5.41) is 0. The first-order valence-electron chi connectivity index (χ1n) is 12.4. The van der Waals surface area contributed by atoms with E-state index in [1.54, 1.807) is 0 Å². The molecule has 0 unspecified atom stereocenters. The van der Waals surface area contributed by atoms with Gasteiger partial charge in [-0.2, -0.15) is 0 Å². The Hall–Kier alpha value is -0.224. The molecule has 187 valence electrons. The van der Waals surface area contributed by atoms with Gasteiger partial charge in [-0.05, 0) is 32.8 Å². The molecule has 2 aromatic rings. The van der Waals surface area contributed by atoms with Crippen LogP contribution in [0.15, 0.2) is 24.3 Å². The maximum atomic E-state index is 13.3. The molecular formula is C30H44KO3P+. The minimum Gasteiger partial charge on any atom is -0.222 e. The fraction of sp³-hybridized carbons (Fsp3) is 0.600. The Labute approximate surface area is 257 Å². The first-order chi connectivity index (χ1) is 15.2. The first-order valence-corrected chi connectivity index (χ1v) is 13.5. The van der Waals surface area contributed by atoms with E-state index < -0.39 is 8.25 Å². The van der Waals surface area contributed by atoms with Gasteiger partial charge in [0.25, 0.3) is 0 Å². The Balaban J connectivity index is 0.00000432. The molecule has 3 nitrogen and oxygen atoms in total. The third-order valence-electron chi connectivity index (χ3n) is 6.85. The van der Waals surface area contributed by atoms with E-state index in [1.165, 1.54) is 11.1 Å².